The van der Waals surface area contributed by atoms with Crippen molar-refractivity contribution in [2.75, 3.05) is 19.8 Å². The molecule has 1 rings (SSSR count). The topological polar surface area (TPSA) is 30.5 Å². The summed E-state index contributed by atoms with van der Waals surface area (Å²) in [6.07, 6.45) is 7.72. The van der Waals surface area contributed by atoms with Crippen LogP contribution >= 0.6 is 0 Å². The van der Waals surface area contributed by atoms with Crippen molar-refractivity contribution in [1.29, 1.82) is 0 Å². The summed E-state index contributed by atoms with van der Waals surface area (Å²) in [5.74, 6) is 0.729. The fourth-order valence-corrected chi connectivity index (χ4v) is 7.10. The zero-order valence-corrected chi connectivity index (χ0v) is 14.3. The van der Waals surface area contributed by atoms with Crippen molar-refractivity contribution in [3.8, 4) is 0 Å². The number of hydrogen-bond donors (Lipinski definition) is 1. The van der Waals surface area contributed by atoms with Crippen molar-refractivity contribution < 1.29 is 8.85 Å². The largest absolute Gasteiger partial charge is 0.428 e. The molecule has 4 heteroatoms. The highest BCUT2D eigenvalue weighted by Crippen LogP contribution is 2.41. The second kappa shape index (κ2) is 9.11. The minimum Gasteiger partial charge on any atom is -0.383 e. The first-order valence-electron chi connectivity index (χ1n) is 8.23. The molecular formula is C15H33NO2Si. The van der Waals surface area contributed by atoms with Gasteiger partial charge in [0, 0.05) is 18.8 Å². The highest BCUT2D eigenvalue weighted by molar-refractivity contribution is 6.66. The van der Waals surface area contributed by atoms with E-state index >= 15 is 0 Å². The molecule has 2 unspecified atom stereocenters. The molecule has 2 atom stereocenters. The van der Waals surface area contributed by atoms with E-state index in [1.165, 1.54) is 38.5 Å². The first-order valence-corrected chi connectivity index (χ1v) is 10.1. The third-order valence-corrected chi connectivity index (χ3v) is 8.23. The van der Waals surface area contributed by atoms with Crippen molar-refractivity contribution >= 4 is 8.72 Å². The molecule has 0 aromatic carbocycles. The van der Waals surface area contributed by atoms with Crippen LogP contribution in [0.4, 0.5) is 0 Å². The average molecular weight is 288 g/mol. The third kappa shape index (κ3) is 4.85. The van der Waals surface area contributed by atoms with Gasteiger partial charge in [0.15, 0.2) is 0 Å². The van der Waals surface area contributed by atoms with Gasteiger partial charge in [-0.1, -0.05) is 39.5 Å². The van der Waals surface area contributed by atoms with Crippen LogP contribution in [0.1, 0.15) is 66.2 Å². The van der Waals surface area contributed by atoms with Gasteiger partial charge in [-0.3, -0.25) is 4.98 Å². The Bertz CT molecular complexity index is 232. The van der Waals surface area contributed by atoms with Gasteiger partial charge in [0.25, 0.3) is 0 Å². The van der Waals surface area contributed by atoms with Crippen LogP contribution in [0.25, 0.3) is 0 Å². The lowest BCUT2D eigenvalue weighted by atomic mass is 9.90. The Kier molecular flexibility index (Phi) is 8.22. The van der Waals surface area contributed by atoms with Crippen LogP contribution in [0.3, 0.4) is 0 Å². The fraction of sp³-hybridized carbons (Fsp3) is 1.00. The first-order chi connectivity index (χ1) is 9.20. The third-order valence-electron chi connectivity index (χ3n) is 4.22. The van der Waals surface area contributed by atoms with Crippen LogP contribution in [-0.4, -0.2) is 28.5 Å². The van der Waals surface area contributed by atoms with Crippen LogP contribution in [-0.2, 0) is 8.85 Å². The zero-order chi connectivity index (χ0) is 14.1. The van der Waals surface area contributed by atoms with E-state index in [9.17, 15) is 0 Å². The molecule has 0 bridgehead atoms. The van der Waals surface area contributed by atoms with Gasteiger partial charge in [0.2, 0.25) is 0 Å². The smallest absolute Gasteiger partial charge is 0.383 e. The van der Waals surface area contributed by atoms with Gasteiger partial charge in [-0.05, 0) is 39.2 Å². The number of unbranched alkanes of at least 4 members (excludes halogenated alkanes) is 1. The molecule has 1 aliphatic carbocycles. The minimum absolute atomic E-state index is 0.609. The molecule has 19 heavy (non-hydrogen) atoms. The molecule has 114 valence electrons. The normalized spacial score (nSPS) is 24.6. The number of nitrogens with one attached hydrogen (secondary N) is 1. The van der Waals surface area contributed by atoms with Crippen LogP contribution < -0.4 is 4.98 Å². The summed E-state index contributed by atoms with van der Waals surface area (Å²) in [5, 5.41) is 0. The molecule has 0 aromatic rings. The predicted molar refractivity (Wildman–Crippen MR) is 83.3 cm³/mol. The summed E-state index contributed by atoms with van der Waals surface area (Å²) in [7, 11) is -2.25. The maximum atomic E-state index is 6.23. The van der Waals surface area contributed by atoms with Crippen molar-refractivity contribution in [2.45, 2.75) is 71.8 Å². The van der Waals surface area contributed by atoms with Crippen LogP contribution in [0.5, 0.6) is 0 Å². The number of rotatable bonds is 9. The fourth-order valence-electron chi connectivity index (χ4n) is 3.24. The van der Waals surface area contributed by atoms with E-state index in [1.54, 1.807) is 0 Å². The summed E-state index contributed by atoms with van der Waals surface area (Å²) in [6.45, 7) is 11.3. The summed E-state index contributed by atoms with van der Waals surface area (Å²) < 4.78 is 12.5. The van der Waals surface area contributed by atoms with Gasteiger partial charge in [0.1, 0.15) is 0 Å². The molecule has 1 saturated carbocycles. The maximum Gasteiger partial charge on any atom is 0.428 e. The molecule has 0 saturated heterocycles. The van der Waals surface area contributed by atoms with Gasteiger partial charge < -0.3 is 8.85 Å². The lowest BCUT2D eigenvalue weighted by Gasteiger charge is -2.42. The van der Waals surface area contributed by atoms with Crippen molar-refractivity contribution in [3.63, 3.8) is 0 Å². The Morgan fingerprint density at radius 2 is 1.68 bits per heavy atom. The van der Waals surface area contributed by atoms with Crippen molar-refractivity contribution in [2.24, 2.45) is 5.92 Å². The molecule has 0 aliphatic heterocycles. The summed E-state index contributed by atoms with van der Waals surface area (Å²) in [4.78, 5) is 3.73. The standard InChI is InChI=1S/C15H33NO2Si/c1-5-8-13-16-19(17-6-2,18-7-3)15-12-10-9-11-14(15)4/h14-16H,5-13H2,1-4H3. The van der Waals surface area contributed by atoms with E-state index < -0.39 is 8.72 Å². The summed E-state index contributed by atoms with van der Waals surface area (Å²) in [6, 6.07) is 0. The highest BCUT2D eigenvalue weighted by atomic mass is 28.4. The molecule has 0 radical (unpaired) electrons. The minimum atomic E-state index is -2.25. The Hall–Kier alpha value is 0.0969. The van der Waals surface area contributed by atoms with Gasteiger partial charge in [-0.15, -0.1) is 0 Å². The van der Waals surface area contributed by atoms with Crippen LogP contribution in [0, 0.1) is 5.92 Å². The molecular weight excluding hydrogens is 254 g/mol. The van der Waals surface area contributed by atoms with Crippen LogP contribution in [0.2, 0.25) is 5.54 Å². The molecule has 1 N–H and O–H groups in total. The van der Waals surface area contributed by atoms with Gasteiger partial charge in [-0.25, -0.2) is 0 Å². The number of hydrogen-bond acceptors (Lipinski definition) is 3. The van der Waals surface area contributed by atoms with E-state index in [4.69, 9.17) is 8.85 Å². The summed E-state index contributed by atoms with van der Waals surface area (Å²) >= 11 is 0. The predicted octanol–water partition coefficient (Wildman–Crippen LogP) is 3.97. The van der Waals surface area contributed by atoms with Crippen LogP contribution in [0.15, 0.2) is 0 Å². The zero-order valence-electron chi connectivity index (χ0n) is 13.3. The summed E-state index contributed by atoms with van der Waals surface area (Å²) in [5.41, 5.74) is 0.609. The molecule has 0 aromatic heterocycles. The SMILES string of the molecule is CCCCN[Si](OCC)(OCC)C1CCCCC1C. The molecule has 0 spiro atoms. The lowest BCUT2D eigenvalue weighted by Crippen LogP contribution is -2.61. The van der Waals surface area contributed by atoms with E-state index in [0.29, 0.717) is 5.54 Å². The van der Waals surface area contributed by atoms with Crippen molar-refractivity contribution in [1.82, 2.24) is 4.98 Å². The molecule has 1 aliphatic rings. The molecule has 1 fully saturated rings. The average Bonchev–Trinajstić information content (AvgIpc) is 2.40. The molecule has 0 heterocycles. The Morgan fingerprint density at radius 1 is 1.05 bits per heavy atom. The molecule has 3 nitrogen and oxygen atoms in total. The van der Waals surface area contributed by atoms with E-state index in [-0.39, 0.29) is 0 Å². The monoisotopic (exact) mass is 287 g/mol. The van der Waals surface area contributed by atoms with Gasteiger partial charge in [0.05, 0.1) is 0 Å². The quantitative estimate of drug-likeness (QED) is 0.514. The van der Waals surface area contributed by atoms with Gasteiger partial charge >= 0.3 is 8.72 Å². The lowest BCUT2D eigenvalue weighted by molar-refractivity contribution is 0.141. The highest BCUT2D eigenvalue weighted by Gasteiger charge is 2.49. The van der Waals surface area contributed by atoms with E-state index in [0.717, 1.165) is 25.7 Å². The maximum absolute atomic E-state index is 6.23. The van der Waals surface area contributed by atoms with Crippen molar-refractivity contribution in [3.05, 3.63) is 0 Å². The second-order valence-corrected chi connectivity index (χ2v) is 8.69. The Morgan fingerprint density at radius 3 is 2.21 bits per heavy atom. The van der Waals surface area contributed by atoms with Gasteiger partial charge in [-0.2, -0.15) is 0 Å². The molecule has 0 amide bonds. The van der Waals surface area contributed by atoms with E-state index in [2.05, 4.69) is 32.7 Å². The Balaban J connectivity index is 2.78. The Labute approximate surface area is 120 Å². The van der Waals surface area contributed by atoms with E-state index in [1.807, 2.05) is 0 Å². The second-order valence-electron chi connectivity index (χ2n) is 5.68. The first kappa shape index (κ1) is 17.1.